The number of carbonyl (C=O) groups is 2. The highest BCUT2D eigenvalue weighted by Gasteiger charge is 2.22. The third-order valence-electron chi connectivity index (χ3n) is 3.52. The molecule has 2 N–H and O–H groups in total. The van der Waals surface area contributed by atoms with Crippen molar-refractivity contribution in [1.82, 2.24) is 5.32 Å². The quantitative estimate of drug-likeness (QED) is 0.838. The highest BCUT2D eigenvalue weighted by molar-refractivity contribution is 6.02. The number of ether oxygens (including phenoxy) is 1. The standard InChI is InChI=1S/C15H19FN2O3/c1-21-15(20)11-9-10(16)6-7-12(11)18-14(19)13-5-3-2-4-8-17-13/h6-7,9,13,17H,2-5,8H2,1H3,(H,18,19). The Morgan fingerprint density at radius 1 is 1.33 bits per heavy atom. The van der Waals surface area contributed by atoms with E-state index in [4.69, 9.17) is 0 Å². The van der Waals surface area contributed by atoms with Crippen molar-refractivity contribution in [2.24, 2.45) is 0 Å². The van der Waals surface area contributed by atoms with Crippen LogP contribution < -0.4 is 10.6 Å². The molecule has 6 heteroatoms. The van der Waals surface area contributed by atoms with Gasteiger partial charge in [0.05, 0.1) is 24.4 Å². The Morgan fingerprint density at radius 2 is 2.14 bits per heavy atom. The lowest BCUT2D eigenvalue weighted by Crippen LogP contribution is -2.40. The minimum absolute atomic E-state index is 0.0134. The molecule has 1 unspecified atom stereocenters. The predicted octanol–water partition coefficient (Wildman–Crippen LogP) is 2.08. The van der Waals surface area contributed by atoms with Crippen molar-refractivity contribution in [2.75, 3.05) is 19.0 Å². The van der Waals surface area contributed by atoms with Gasteiger partial charge in [0.25, 0.3) is 0 Å². The van der Waals surface area contributed by atoms with Gasteiger partial charge >= 0.3 is 5.97 Å². The van der Waals surface area contributed by atoms with E-state index in [1.54, 1.807) is 0 Å². The van der Waals surface area contributed by atoms with Gasteiger partial charge in [0.15, 0.2) is 0 Å². The van der Waals surface area contributed by atoms with E-state index in [-0.39, 0.29) is 23.2 Å². The van der Waals surface area contributed by atoms with E-state index in [0.717, 1.165) is 38.3 Å². The van der Waals surface area contributed by atoms with Crippen LogP contribution in [0.3, 0.4) is 0 Å². The first-order valence-electron chi connectivity index (χ1n) is 7.04. The van der Waals surface area contributed by atoms with E-state index in [0.29, 0.717) is 0 Å². The number of amides is 1. The molecule has 1 fully saturated rings. The normalized spacial score (nSPS) is 18.7. The molecule has 0 saturated carbocycles. The maximum Gasteiger partial charge on any atom is 0.340 e. The molecule has 1 heterocycles. The summed E-state index contributed by atoms with van der Waals surface area (Å²) in [6.07, 6.45) is 3.88. The summed E-state index contributed by atoms with van der Waals surface area (Å²) in [5.41, 5.74) is 0.277. The van der Waals surface area contributed by atoms with E-state index in [2.05, 4.69) is 15.4 Å². The summed E-state index contributed by atoms with van der Waals surface area (Å²) in [5.74, 6) is -1.45. The van der Waals surface area contributed by atoms with Crippen molar-refractivity contribution >= 4 is 17.6 Å². The Hall–Kier alpha value is -1.95. The van der Waals surface area contributed by atoms with Crippen LogP contribution in [0, 0.1) is 5.82 Å². The monoisotopic (exact) mass is 294 g/mol. The molecule has 1 aliphatic rings. The van der Waals surface area contributed by atoms with Gasteiger partial charge in [-0.2, -0.15) is 0 Å². The number of halogens is 1. The van der Waals surface area contributed by atoms with Gasteiger partial charge in [0.1, 0.15) is 5.82 Å². The van der Waals surface area contributed by atoms with Crippen LogP contribution in [0.25, 0.3) is 0 Å². The number of rotatable bonds is 3. The van der Waals surface area contributed by atoms with E-state index in [1.165, 1.54) is 19.2 Å². The molecule has 1 atom stereocenters. The molecule has 0 radical (unpaired) electrons. The summed E-state index contributed by atoms with van der Waals surface area (Å²) in [6, 6.07) is 3.34. The summed E-state index contributed by atoms with van der Waals surface area (Å²) in [7, 11) is 1.21. The summed E-state index contributed by atoms with van der Waals surface area (Å²) >= 11 is 0. The number of anilines is 1. The third-order valence-corrected chi connectivity index (χ3v) is 3.52. The van der Waals surface area contributed by atoms with Crippen molar-refractivity contribution in [3.05, 3.63) is 29.6 Å². The number of methoxy groups -OCH3 is 1. The number of hydrogen-bond donors (Lipinski definition) is 2. The Morgan fingerprint density at radius 3 is 2.90 bits per heavy atom. The molecule has 2 rings (SSSR count). The summed E-state index contributed by atoms with van der Waals surface area (Å²) < 4.78 is 17.9. The van der Waals surface area contributed by atoms with Gasteiger partial charge in [0, 0.05) is 0 Å². The van der Waals surface area contributed by atoms with Crippen LogP contribution in [-0.4, -0.2) is 31.6 Å². The largest absolute Gasteiger partial charge is 0.465 e. The van der Waals surface area contributed by atoms with E-state index in [1.807, 2.05) is 0 Å². The first kappa shape index (κ1) is 15.4. The average molecular weight is 294 g/mol. The van der Waals surface area contributed by atoms with E-state index in [9.17, 15) is 14.0 Å². The van der Waals surface area contributed by atoms with Gasteiger partial charge in [-0.3, -0.25) is 4.79 Å². The van der Waals surface area contributed by atoms with Gasteiger partial charge in [-0.25, -0.2) is 9.18 Å². The molecule has 1 aliphatic heterocycles. The first-order chi connectivity index (χ1) is 10.1. The van der Waals surface area contributed by atoms with Crippen molar-refractivity contribution in [1.29, 1.82) is 0 Å². The second kappa shape index (κ2) is 7.17. The van der Waals surface area contributed by atoms with Crippen molar-refractivity contribution in [3.8, 4) is 0 Å². The molecule has 5 nitrogen and oxygen atoms in total. The topological polar surface area (TPSA) is 67.4 Å². The molecular weight excluding hydrogens is 275 g/mol. The summed E-state index contributed by atoms with van der Waals surface area (Å²) in [4.78, 5) is 23.9. The fourth-order valence-corrected chi connectivity index (χ4v) is 2.38. The number of carbonyl (C=O) groups excluding carboxylic acids is 2. The number of hydrogen-bond acceptors (Lipinski definition) is 4. The van der Waals surface area contributed by atoms with Crippen LogP contribution >= 0.6 is 0 Å². The van der Waals surface area contributed by atoms with E-state index < -0.39 is 11.8 Å². The van der Waals surface area contributed by atoms with Gasteiger partial charge in [-0.05, 0) is 37.6 Å². The second-order valence-electron chi connectivity index (χ2n) is 5.03. The Balaban J connectivity index is 2.14. The van der Waals surface area contributed by atoms with Crippen LogP contribution in [-0.2, 0) is 9.53 Å². The summed E-state index contributed by atoms with van der Waals surface area (Å²) in [5, 5.41) is 5.85. The van der Waals surface area contributed by atoms with Crippen LogP contribution in [0.5, 0.6) is 0 Å². The molecule has 1 saturated heterocycles. The zero-order valence-electron chi connectivity index (χ0n) is 11.9. The fraction of sp³-hybridized carbons (Fsp3) is 0.467. The lowest BCUT2D eigenvalue weighted by atomic mass is 10.1. The van der Waals surface area contributed by atoms with Crippen LogP contribution in [0.1, 0.15) is 36.0 Å². The summed E-state index contributed by atoms with van der Waals surface area (Å²) in [6.45, 7) is 0.797. The molecule has 0 spiro atoms. The number of benzene rings is 1. The molecule has 0 aliphatic carbocycles. The molecular formula is C15H19FN2O3. The minimum atomic E-state index is -0.682. The Labute approximate surface area is 122 Å². The van der Waals surface area contributed by atoms with Crippen LogP contribution in [0.4, 0.5) is 10.1 Å². The lowest BCUT2D eigenvalue weighted by molar-refractivity contribution is -0.118. The zero-order chi connectivity index (χ0) is 15.2. The van der Waals surface area contributed by atoms with Gasteiger partial charge in [-0.1, -0.05) is 12.8 Å². The minimum Gasteiger partial charge on any atom is -0.465 e. The first-order valence-corrected chi connectivity index (χ1v) is 7.04. The van der Waals surface area contributed by atoms with Gasteiger partial charge < -0.3 is 15.4 Å². The smallest absolute Gasteiger partial charge is 0.340 e. The van der Waals surface area contributed by atoms with Crippen LogP contribution in [0.15, 0.2) is 18.2 Å². The number of nitrogens with one attached hydrogen (secondary N) is 2. The fourth-order valence-electron chi connectivity index (χ4n) is 2.38. The molecule has 0 aromatic heterocycles. The highest BCUT2D eigenvalue weighted by atomic mass is 19.1. The van der Waals surface area contributed by atoms with Crippen molar-refractivity contribution in [2.45, 2.75) is 31.7 Å². The zero-order valence-corrected chi connectivity index (χ0v) is 11.9. The Kier molecular flexibility index (Phi) is 5.27. The molecule has 1 aromatic rings. The molecule has 114 valence electrons. The third kappa shape index (κ3) is 4.01. The predicted molar refractivity (Wildman–Crippen MR) is 76.6 cm³/mol. The number of esters is 1. The van der Waals surface area contributed by atoms with Crippen molar-refractivity contribution in [3.63, 3.8) is 0 Å². The van der Waals surface area contributed by atoms with E-state index >= 15 is 0 Å². The molecule has 21 heavy (non-hydrogen) atoms. The maximum atomic E-state index is 13.3. The maximum absolute atomic E-state index is 13.3. The van der Waals surface area contributed by atoms with Gasteiger partial charge in [-0.15, -0.1) is 0 Å². The van der Waals surface area contributed by atoms with Gasteiger partial charge in [0.2, 0.25) is 5.91 Å². The molecule has 1 aromatic carbocycles. The lowest BCUT2D eigenvalue weighted by Gasteiger charge is -2.17. The molecule has 0 bridgehead atoms. The Bertz CT molecular complexity index is 526. The van der Waals surface area contributed by atoms with Crippen molar-refractivity contribution < 1.29 is 18.7 Å². The second-order valence-corrected chi connectivity index (χ2v) is 5.03. The van der Waals surface area contributed by atoms with Crippen LogP contribution in [0.2, 0.25) is 0 Å². The SMILES string of the molecule is COC(=O)c1cc(F)ccc1NC(=O)C1CCCCCN1. The average Bonchev–Trinajstić information content (AvgIpc) is 2.77. The molecule has 1 amide bonds. The highest BCUT2D eigenvalue weighted by Crippen LogP contribution is 2.19.